The van der Waals surface area contributed by atoms with Crippen LogP contribution in [0.2, 0.25) is 0 Å². The minimum absolute atomic E-state index is 0.127. The van der Waals surface area contributed by atoms with Crippen LogP contribution in [0.3, 0.4) is 0 Å². The molecular weight excluding hydrogens is 355 g/mol. The number of imide groups is 1. The molecule has 0 N–H and O–H groups in total. The van der Waals surface area contributed by atoms with Gasteiger partial charge in [0.1, 0.15) is 11.3 Å². The van der Waals surface area contributed by atoms with Gasteiger partial charge in [0.05, 0.1) is 11.1 Å². The molecule has 2 amide bonds. The van der Waals surface area contributed by atoms with Crippen LogP contribution in [0.15, 0.2) is 29.3 Å². The van der Waals surface area contributed by atoms with Gasteiger partial charge in [-0.05, 0) is 33.8 Å². The summed E-state index contributed by atoms with van der Waals surface area (Å²) in [5.74, 6) is -1.62. The minimum Gasteiger partial charge on any atom is -0.443 e. The monoisotopic (exact) mass is 371 g/mol. The fourth-order valence-electron chi connectivity index (χ4n) is 2.01. The van der Waals surface area contributed by atoms with E-state index in [0.29, 0.717) is 11.0 Å². The molecule has 0 aliphatic heterocycles. The highest BCUT2D eigenvalue weighted by Crippen LogP contribution is 2.33. The molecule has 26 heavy (non-hydrogen) atoms. The lowest BCUT2D eigenvalue weighted by atomic mass is 10.1. The van der Waals surface area contributed by atoms with E-state index in [4.69, 9.17) is 9.15 Å². The summed E-state index contributed by atoms with van der Waals surface area (Å²) in [6.07, 6.45) is -3.42. The van der Waals surface area contributed by atoms with Crippen molar-refractivity contribution in [2.24, 2.45) is 0 Å². The fraction of sp³-hybridized carbons (Fsp3) is 0.375. The van der Waals surface area contributed by atoms with Crippen molar-refractivity contribution in [3.05, 3.63) is 41.7 Å². The number of hydrogen-bond donors (Lipinski definition) is 0. The number of amides is 2. The van der Waals surface area contributed by atoms with E-state index in [1.54, 1.807) is 20.8 Å². The van der Waals surface area contributed by atoms with E-state index >= 15 is 0 Å². The molecule has 0 atom stereocenters. The number of pyridine rings is 1. The third kappa shape index (κ3) is 4.19. The number of ether oxygens (including phenoxy) is 1. The van der Waals surface area contributed by atoms with Gasteiger partial charge >= 0.3 is 12.3 Å². The van der Waals surface area contributed by atoms with Gasteiger partial charge in [-0.25, -0.2) is 9.78 Å². The van der Waals surface area contributed by atoms with Crippen LogP contribution in [0.1, 0.15) is 42.4 Å². The van der Waals surface area contributed by atoms with E-state index in [1.807, 2.05) is 0 Å². The Hall–Kier alpha value is -2.91. The lowest BCUT2D eigenvalue weighted by molar-refractivity contribution is -0.138. The van der Waals surface area contributed by atoms with Gasteiger partial charge in [0.2, 0.25) is 5.88 Å². The summed E-state index contributed by atoms with van der Waals surface area (Å²) in [4.78, 5) is 33.0. The first-order chi connectivity index (χ1) is 11.9. The second-order valence-corrected chi connectivity index (χ2v) is 6.28. The van der Waals surface area contributed by atoms with Gasteiger partial charge in [0.15, 0.2) is 6.39 Å². The molecule has 0 aliphatic carbocycles. The molecule has 2 heterocycles. The predicted octanol–water partition coefficient (Wildman–Crippen LogP) is 3.98. The first-order valence-electron chi connectivity index (χ1n) is 7.40. The molecule has 7 nitrogen and oxygen atoms in total. The molecule has 0 bridgehead atoms. The smallest absolute Gasteiger partial charge is 0.424 e. The van der Waals surface area contributed by atoms with Crippen LogP contribution < -0.4 is 4.90 Å². The molecule has 0 aliphatic rings. The van der Waals surface area contributed by atoms with Gasteiger partial charge < -0.3 is 9.15 Å². The topological polar surface area (TPSA) is 85.5 Å². The van der Waals surface area contributed by atoms with Gasteiger partial charge in [-0.2, -0.15) is 18.1 Å². The molecule has 0 fully saturated rings. The molecule has 0 radical (unpaired) electrons. The SMILES string of the molecule is Cc1ncoc1N(C(=O)OC(C)(C)C)C(=O)c1cnccc1C(F)(F)F. The number of nitrogens with zero attached hydrogens (tertiary/aromatic N) is 3. The van der Waals surface area contributed by atoms with Crippen molar-refractivity contribution in [1.82, 2.24) is 9.97 Å². The molecule has 140 valence electrons. The highest BCUT2D eigenvalue weighted by molar-refractivity contribution is 6.19. The van der Waals surface area contributed by atoms with Crippen molar-refractivity contribution in [2.45, 2.75) is 39.5 Å². The number of rotatable bonds is 2. The maximum absolute atomic E-state index is 13.2. The number of alkyl halides is 3. The van der Waals surface area contributed by atoms with Crippen LogP contribution in [0.4, 0.5) is 23.8 Å². The Balaban J connectivity index is 2.56. The van der Waals surface area contributed by atoms with Crippen LogP contribution in [-0.4, -0.2) is 27.6 Å². The van der Waals surface area contributed by atoms with E-state index in [0.717, 1.165) is 18.8 Å². The third-order valence-electron chi connectivity index (χ3n) is 3.06. The fourth-order valence-corrected chi connectivity index (χ4v) is 2.01. The molecule has 0 aromatic carbocycles. The Morgan fingerprint density at radius 2 is 1.88 bits per heavy atom. The second-order valence-electron chi connectivity index (χ2n) is 6.28. The van der Waals surface area contributed by atoms with Crippen LogP contribution in [-0.2, 0) is 10.9 Å². The minimum atomic E-state index is -4.82. The number of carbonyl (C=O) groups excluding carboxylic acids is 2. The summed E-state index contributed by atoms with van der Waals surface area (Å²) >= 11 is 0. The van der Waals surface area contributed by atoms with Crippen LogP contribution in [0, 0.1) is 6.92 Å². The van der Waals surface area contributed by atoms with E-state index < -0.39 is 34.9 Å². The third-order valence-corrected chi connectivity index (χ3v) is 3.06. The number of carbonyl (C=O) groups is 2. The molecule has 0 saturated heterocycles. The van der Waals surface area contributed by atoms with Crippen LogP contribution in [0.25, 0.3) is 0 Å². The van der Waals surface area contributed by atoms with Crippen molar-refractivity contribution in [2.75, 3.05) is 4.90 Å². The highest BCUT2D eigenvalue weighted by atomic mass is 19.4. The summed E-state index contributed by atoms with van der Waals surface area (Å²) in [5, 5.41) is 0. The summed E-state index contributed by atoms with van der Waals surface area (Å²) < 4.78 is 49.8. The Kier molecular flexibility index (Phi) is 5.06. The lowest BCUT2D eigenvalue weighted by Crippen LogP contribution is -2.42. The molecule has 2 aromatic heterocycles. The molecular formula is C16H16F3N3O4. The predicted molar refractivity (Wildman–Crippen MR) is 83.5 cm³/mol. The van der Waals surface area contributed by atoms with Crippen molar-refractivity contribution < 1.29 is 31.9 Å². The zero-order valence-corrected chi connectivity index (χ0v) is 14.4. The van der Waals surface area contributed by atoms with Crippen LogP contribution >= 0.6 is 0 Å². The molecule has 0 unspecified atom stereocenters. The van der Waals surface area contributed by atoms with Gasteiger partial charge in [-0.1, -0.05) is 0 Å². The molecule has 2 aromatic rings. The van der Waals surface area contributed by atoms with Crippen LogP contribution in [0.5, 0.6) is 0 Å². The Morgan fingerprint density at radius 1 is 1.23 bits per heavy atom. The highest BCUT2D eigenvalue weighted by Gasteiger charge is 2.40. The molecule has 0 saturated carbocycles. The average Bonchev–Trinajstić information content (AvgIpc) is 2.91. The second kappa shape index (κ2) is 6.77. The maximum atomic E-state index is 13.2. The van der Waals surface area contributed by atoms with Crippen molar-refractivity contribution >= 4 is 17.9 Å². The molecule has 10 heteroatoms. The van der Waals surface area contributed by atoms with E-state index in [-0.39, 0.29) is 11.6 Å². The summed E-state index contributed by atoms with van der Waals surface area (Å²) in [6, 6.07) is 0.647. The quantitative estimate of drug-likeness (QED) is 0.794. The first-order valence-corrected chi connectivity index (χ1v) is 7.40. The number of aryl methyl sites for hydroxylation is 1. The van der Waals surface area contributed by atoms with E-state index in [9.17, 15) is 22.8 Å². The van der Waals surface area contributed by atoms with E-state index in [2.05, 4.69) is 9.97 Å². The molecule has 0 spiro atoms. The zero-order valence-electron chi connectivity index (χ0n) is 14.4. The number of aromatic nitrogens is 2. The molecule has 2 rings (SSSR count). The largest absolute Gasteiger partial charge is 0.443 e. The number of hydrogen-bond acceptors (Lipinski definition) is 6. The van der Waals surface area contributed by atoms with Gasteiger partial charge in [-0.15, -0.1) is 0 Å². The normalized spacial score (nSPS) is 12.0. The number of anilines is 1. The lowest BCUT2D eigenvalue weighted by Gasteiger charge is -2.25. The summed E-state index contributed by atoms with van der Waals surface area (Å²) in [5.41, 5.74) is -2.92. The summed E-state index contributed by atoms with van der Waals surface area (Å²) in [7, 11) is 0. The average molecular weight is 371 g/mol. The zero-order chi connectivity index (χ0) is 19.7. The van der Waals surface area contributed by atoms with Crippen molar-refractivity contribution in [1.29, 1.82) is 0 Å². The van der Waals surface area contributed by atoms with Crippen molar-refractivity contribution in [3.8, 4) is 0 Å². The van der Waals surface area contributed by atoms with Gasteiger partial charge in [0, 0.05) is 12.4 Å². The number of halogens is 3. The Bertz CT molecular complexity index is 825. The Morgan fingerprint density at radius 3 is 2.38 bits per heavy atom. The number of oxazole rings is 1. The maximum Gasteiger partial charge on any atom is 0.424 e. The van der Waals surface area contributed by atoms with E-state index in [1.165, 1.54) is 6.92 Å². The van der Waals surface area contributed by atoms with Gasteiger partial charge in [0.25, 0.3) is 5.91 Å². The standard InChI is InChI=1S/C16H16F3N3O4/c1-9-13(25-8-21-9)22(14(24)26-15(2,3)4)12(23)10-7-20-6-5-11(10)16(17,18)19/h5-8H,1-4H3. The Labute approximate surface area is 146 Å². The summed E-state index contributed by atoms with van der Waals surface area (Å²) in [6.45, 7) is 6.07. The van der Waals surface area contributed by atoms with Gasteiger partial charge in [-0.3, -0.25) is 9.78 Å². The first kappa shape index (κ1) is 19.4. The van der Waals surface area contributed by atoms with Crippen molar-refractivity contribution in [3.63, 3.8) is 0 Å².